The van der Waals surface area contributed by atoms with Crippen molar-refractivity contribution in [3.05, 3.63) is 12.2 Å². The van der Waals surface area contributed by atoms with Gasteiger partial charge < -0.3 is 19.6 Å². The zero-order valence-electron chi connectivity index (χ0n) is 18.5. The summed E-state index contributed by atoms with van der Waals surface area (Å²) in [7, 11) is -4.88. The first-order chi connectivity index (χ1) is 14.3. The topological polar surface area (TPSA) is 104 Å². The molecule has 0 amide bonds. The average molecular weight is 453 g/mol. The largest absolute Gasteiger partial charge is 0.463 e. The highest BCUT2D eigenvalue weighted by Crippen LogP contribution is 2.44. The van der Waals surface area contributed by atoms with Gasteiger partial charge in [-0.3, -0.25) is 9.36 Å². The summed E-state index contributed by atoms with van der Waals surface area (Å²) in [5, 5.41) is 9.47. The van der Waals surface area contributed by atoms with Gasteiger partial charge in [-0.15, -0.1) is 0 Å². The molecule has 2 atom stereocenters. The van der Waals surface area contributed by atoms with Crippen LogP contribution in [0.5, 0.6) is 0 Å². The van der Waals surface area contributed by atoms with Crippen LogP contribution in [0, 0.1) is 0 Å². The fraction of sp³-hybridized carbons (Fsp3) is 0.864. The van der Waals surface area contributed by atoms with Gasteiger partial charge in [0.15, 0.2) is 0 Å². The van der Waals surface area contributed by atoms with Gasteiger partial charge in [-0.25, -0.2) is 4.39 Å². The summed E-state index contributed by atoms with van der Waals surface area (Å²) in [4.78, 5) is 28.8. The number of ether oxygens (including phenoxy) is 1. The molecule has 2 unspecified atom stereocenters. The molecule has 0 rings (SSSR count). The molecule has 0 saturated heterocycles. The quantitative estimate of drug-likeness (QED) is 0.0934. The number of allylic oxidation sites excluding steroid dienone is 2. The molecule has 0 aliphatic rings. The molecule has 30 heavy (non-hydrogen) atoms. The Morgan fingerprint density at radius 1 is 0.933 bits per heavy atom. The number of esters is 1. The Bertz CT molecular complexity index is 494. The summed E-state index contributed by atoms with van der Waals surface area (Å²) in [5.41, 5.74) is 0. The van der Waals surface area contributed by atoms with E-state index in [0.717, 1.165) is 32.1 Å². The summed E-state index contributed by atoms with van der Waals surface area (Å²) in [5.74, 6) is -2.94. The van der Waals surface area contributed by atoms with E-state index in [-0.39, 0.29) is 6.42 Å². The molecule has 0 bridgehead atoms. The third kappa shape index (κ3) is 19.2. The van der Waals surface area contributed by atoms with E-state index in [0.29, 0.717) is 6.42 Å². The van der Waals surface area contributed by atoms with Gasteiger partial charge in [-0.2, -0.15) is 0 Å². The van der Waals surface area contributed by atoms with Gasteiger partial charge in [0.05, 0.1) is 6.10 Å². The maximum atomic E-state index is 13.1. The lowest BCUT2D eigenvalue weighted by Crippen LogP contribution is -2.22. The monoisotopic (exact) mass is 452 g/mol. The van der Waals surface area contributed by atoms with E-state index in [1.165, 1.54) is 44.9 Å². The van der Waals surface area contributed by atoms with Crippen LogP contribution in [0.3, 0.4) is 0 Å². The number of carbonyl (C=O) groups excluding carboxylic acids is 1. The van der Waals surface area contributed by atoms with E-state index in [9.17, 15) is 18.9 Å². The van der Waals surface area contributed by atoms with Crippen molar-refractivity contribution < 1.29 is 33.4 Å². The number of alkyl halides is 1. The molecule has 0 heterocycles. The van der Waals surface area contributed by atoms with Gasteiger partial charge in [0.2, 0.25) is 5.91 Å². The van der Waals surface area contributed by atoms with Crippen LogP contribution >= 0.6 is 7.60 Å². The van der Waals surface area contributed by atoms with Crippen LogP contribution in [-0.4, -0.2) is 39.5 Å². The molecular weight excluding hydrogens is 410 g/mol. The van der Waals surface area contributed by atoms with Crippen LogP contribution in [-0.2, 0) is 14.1 Å². The third-order valence-corrected chi connectivity index (χ3v) is 5.85. The SMILES string of the molecule is CCCCCCCCC=CCCCCCCCC(=O)OCC(O)CC(F)P(=O)(O)O. The third-order valence-electron chi connectivity index (χ3n) is 4.91. The standard InChI is InChI=1S/C22H42FO6P/c1-2-3-4-5-6-7-8-9-10-11-12-13-14-15-16-17-22(25)29-19-20(24)18-21(23)30(26,27)28/h9-10,20-21,24H,2-8,11-19H2,1H3,(H2,26,27,28). The molecule has 0 aromatic rings. The molecule has 0 saturated carbocycles. The first kappa shape index (κ1) is 29.2. The van der Waals surface area contributed by atoms with Gasteiger partial charge in [0.1, 0.15) is 6.61 Å². The van der Waals surface area contributed by atoms with Crippen LogP contribution in [0.1, 0.15) is 103 Å². The number of aliphatic hydroxyl groups is 1. The molecular formula is C22H42FO6P. The molecule has 0 aromatic carbocycles. The minimum absolute atomic E-state index is 0.225. The van der Waals surface area contributed by atoms with Gasteiger partial charge in [-0.05, 0) is 32.1 Å². The highest BCUT2D eigenvalue weighted by Gasteiger charge is 2.31. The molecule has 6 nitrogen and oxygen atoms in total. The molecule has 0 fully saturated rings. The second kappa shape index (κ2) is 19.0. The summed E-state index contributed by atoms with van der Waals surface area (Å²) in [6.45, 7) is 1.78. The summed E-state index contributed by atoms with van der Waals surface area (Å²) in [6.07, 6.45) is 17.8. The fourth-order valence-corrected chi connectivity index (χ4v) is 3.55. The lowest BCUT2D eigenvalue weighted by molar-refractivity contribution is -0.147. The first-order valence-corrected chi connectivity index (χ1v) is 13.1. The number of unbranched alkanes of at least 4 members (excludes halogenated alkanes) is 11. The van der Waals surface area contributed by atoms with Crippen LogP contribution in [0.25, 0.3) is 0 Å². The maximum Gasteiger partial charge on any atom is 0.359 e. The molecule has 8 heteroatoms. The number of hydrogen-bond donors (Lipinski definition) is 3. The average Bonchev–Trinajstić information content (AvgIpc) is 2.68. The Balaban J connectivity index is 3.46. The van der Waals surface area contributed by atoms with Crippen molar-refractivity contribution in [3.8, 4) is 0 Å². The number of rotatable bonds is 20. The van der Waals surface area contributed by atoms with E-state index in [2.05, 4.69) is 19.1 Å². The normalized spacial score (nSPS) is 14.2. The van der Waals surface area contributed by atoms with Crippen molar-refractivity contribution in [2.75, 3.05) is 6.61 Å². The second-order valence-electron chi connectivity index (χ2n) is 7.93. The van der Waals surface area contributed by atoms with Crippen molar-refractivity contribution >= 4 is 13.6 Å². The Kier molecular flexibility index (Phi) is 18.5. The molecule has 0 aliphatic carbocycles. The highest BCUT2D eigenvalue weighted by atomic mass is 31.2. The minimum atomic E-state index is -4.88. The highest BCUT2D eigenvalue weighted by molar-refractivity contribution is 7.52. The van der Waals surface area contributed by atoms with Gasteiger partial charge >= 0.3 is 13.6 Å². The Morgan fingerprint density at radius 3 is 1.97 bits per heavy atom. The van der Waals surface area contributed by atoms with Crippen LogP contribution in [0.15, 0.2) is 12.2 Å². The first-order valence-electron chi connectivity index (χ1n) is 11.4. The zero-order chi connectivity index (χ0) is 22.7. The number of carbonyl (C=O) groups is 1. The van der Waals surface area contributed by atoms with Gasteiger partial charge in [0, 0.05) is 12.8 Å². The van der Waals surface area contributed by atoms with Crippen molar-refractivity contribution in [2.24, 2.45) is 0 Å². The summed E-state index contributed by atoms with van der Waals surface area (Å²) < 4.78 is 28.6. The van der Waals surface area contributed by atoms with E-state index < -0.39 is 38.6 Å². The lowest BCUT2D eigenvalue weighted by atomic mass is 10.1. The second-order valence-corrected chi connectivity index (χ2v) is 9.67. The number of halogens is 1. The summed E-state index contributed by atoms with van der Waals surface area (Å²) >= 11 is 0. The fourth-order valence-electron chi connectivity index (χ4n) is 3.03. The molecule has 0 aromatic heterocycles. The van der Waals surface area contributed by atoms with Crippen molar-refractivity contribution in [3.63, 3.8) is 0 Å². The minimum Gasteiger partial charge on any atom is -0.463 e. The lowest BCUT2D eigenvalue weighted by Gasteiger charge is -2.15. The number of aliphatic hydroxyl groups excluding tert-OH is 1. The molecule has 178 valence electrons. The van der Waals surface area contributed by atoms with Crippen molar-refractivity contribution in [1.82, 2.24) is 0 Å². The maximum absolute atomic E-state index is 13.1. The Morgan fingerprint density at radius 2 is 1.43 bits per heavy atom. The molecule has 0 radical (unpaired) electrons. The summed E-state index contributed by atoms with van der Waals surface area (Å²) in [6, 6.07) is 0. The number of hydrogen-bond acceptors (Lipinski definition) is 4. The predicted octanol–water partition coefficient (Wildman–Crippen LogP) is 5.79. The van der Waals surface area contributed by atoms with Crippen LogP contribution < -0.4 is 0 Å². The van der Waals surface area contributed by atoms with E-state index >= 15 is 0 Å². The molecule has 3 N–H and O–H groups in total. The van der Waals surface area contributed by atoms with E-state index in [4.69, 9.17) is 14.5 Å². The predicted molar refractivity (Wildman–Crippen MR) is 118 cm³/mol. The van der Waals surface area contributed by atoms with Crippen molar-refractivity contribution in [1.29, 1.82) is 0 Å². The van der Waals surface area contributed by atoms with Crippen LogP contribution in [0.4, 0.5) is 4.39 Å². The molecule has 0 aliphatic heterocycles. The molecule has 0 spiro atoms. The van der Waals surface area contributed by atoms with E-state index in [1.54, 1.807) is 0 Å². The van der Waals surface area contributed by atoms with Crippen molar-refractivity contribution in [2.45, 2.75) is 115 Å². The zero-order valence-corrected chi connectivity index (χ0v) is 19.4. The van der Waals surface area contributed by atoms with E-state index in [1.807, 2.05) is 0 Å². The Labute approximate surface area is 181 Å². The van der Waals surface area contributed by atoms with Crippen LogP contribution in [0.2, 0.25) is 0 Å². The Hall–Kier alpha value is -0.750. The van der Waals surface area contributed by atoms with Gasteiger partial charge in [-0.1, -0.05) is 70.4 Å². The van der Waals surface area contributed by atoms with Gasteiger partial charge in [0.25, 0.3) is 0 Å². The smallest absolute Gasteiger partial charge is 0.359 e.